The van der Waals surface area contributed by atoms with Crippen LogP contribution >= 0.6 is 23.2 Å². The Labute approximate surface area is 179 Å². The van der Waals surface area contributed by atoms with Gasteiger partial charge in [-0.2, -0.15) is 0 Å². The van der Waals surface area contributed by atoms with Crippen molar-refractivity contribution in [3.63, 3.8) is 0 Å². The van der Waals surface area contributed by atoms with Gasteiger partial charge in [0.15, 0.2) is 6.17 Å². The molecule has 2 unspecified atom stereocenters. The Morgan fingerprint density at radius 3 is 2.31 bits per heavy atom. The summed E-state index contributed by atoms with van der Waals surface area (Å²) in [7, 11) is 1.65. The van der Waals surface area contributed by atoms with Crippen molar-refractivity contribution >= 4 is 28.9 Å². The van der Waals surface area contributed by atoms with E-state index in [2.05, 4.69) is 16.7 Å². The van der Waals surface area contributed by atoms with Crippen molar-refractivity contribution in [1.29, 1.82) is 0 Å². The predicted octanol–water partition coefficient (Wildman–Crippen LogP) is 4.66. The molecule has 0 radical (unpaired) electrons. The largest absolute Gasteiger partial charge is 0.507 e. The van der Waals surface area contributed by atoms with Gasteiger partial charge in [-0.25, -0.2) is 0 Å². The normalized spacial score (nSPS) is 18.7. The van der Waals surface area contributed by atoms with Gasteiger partial charge in [0, 0.05) is 27.4 Å². The molecule has 148 valence electrons. The van der Waals surface area contributed by atoms with Crippen LogP contribution in [0.1, 0.15) is 28.9 Å². The van der Waals surface area contributed by atoms with Gasteiger partial charge in [0.1, 0.15) is 17.5 Å². The third kappa shape index (κ3) is 4.35. The van der Waals surface area contributed by atoms with Crippen molar-refractivity contribution in [3.05, 3.63) is 99.5 Å². The zero-order valence-corrected chi connectivity index (χ0v) is 17.3. The summed E-state index contributed by atoms with van der Waals surface area (Å²) in [5.41, 5.74) is 3.85. The molecule has 29 heavy (non-hydrogen) atoms. The number of ether oxygens (including phenoxy) is 1. The van der Waals surface area contributed by atoms with Crippen LogP contribution in [0.15, 0.2) is 72.8 Å². The van der Waals surface area contributed by atoms with Gasteiger partial charge in [0.25, 0.3) is 0 Å². The molecule has 0 aromatic heterocycles. The number of quaternary nitrogens is 1. The number of halogens is 2. The van der Waals surface area contributed by atoms with Crippen LogP contribution in [-0.4, -0.2) is 12.2 Å². The number of nitrogens with two attached hydrogens (primary N) is 1. The summed E-state index contributed by atoms with van der Waals surface area (Å²) in [5, 5.41) is 17.5. The highest BCUT2D eigenvalue weighted by Crippen LogP contribution is 2.31. The number of methoxy groups -OCH3 is 1. The van der Waals surface area contributed by atoms with Crippen LogP contribution in [0.25, 0.3) is 5.70 Å². The maximum absolute atomic E-state index is 10.4. The summed E-state index contributed by atoms with van der Waals surface area (Å²) in [5.74, 6) is 1.02. The minimum absolute atomic E-state index is 0.0576. The molecule has 1 aliphatic rings. The Bertz CT molecular complexity index is 1030. The van der Waals surface area contributed by atoms with Crippen molar-refractivity contribution in [2.24, 2.45) is 0 Å². The van der Waals surface area contributed by atoms with E-state index in [0.29, 0.717) is 10.0 Å². The first-order chi connectivity index (χ1) is 14.0. The summed E-state index contributed by atoms with van der Waals surface area (Å²) < 4.78 is 5.27. The molecule has 0 fully saturated rings. The number of rotatable bonds is 4. The van der Waals surface area contributed by atoms with Crippen molar-refractivity contribution in [2.45, 2.75) is 12.2 Å². The maximum Gasteiger partial charge on any atom is 0.186 e. The summed E-state index contributed by atoms with van der Waals surface area (Å²) in [4.78, 5) is 0. The van der Waals surface area contributed by atoms with Crippen molar-refractivity contribution in [3.8, 4) is 11.5 Å². The summed E-state index contributed by atoms with van der Waals surface area (Å²) in [6.07, 6.45) is 2.04. The van der Waals surface area contributed by atoms with Gasteiger partial charge in [-0.1, -0.05) is 23.2 Å². The highest BCUT2D eigenvalue weighted by molar-refractivity contribution is 6.30. The van der Waals surface area contributed by atoms with E-state index < -0.39 is 0 Å². The van der Waals surface area contributed by atoms with Crippen molar-refractivity contribution in [2.75, 3.05) is 7.11 Å². The fraction of sp³-hybridized carbons (Fsp3) is 0.130. The number of nitrogens with one attached hydrogen (secondary N) is 1. The first-order valence-electron chi connectivity index (χ1n) is 9.25. The van der Waals surface area contributed by atoms with E-state index in [1.807, 2.05) is 54.6 Å². The number of aromatic hydroxyl groups is 1. The lowest BCUT2D eigenvalue weighted by molar-refractivity contribution is -0.731. The highest BCUT2D eigenvalue weighted by Gasteiger charge is 2.29. The van der Waals surface area contributed by atoms with Gasteiger partial charge in [-0.15, -0.1) is 0 Å². The second-order valence-corrected chi connectivity index (χ2v) is 7.78. The second kappa shape index (κ2) is 8.37. The molecule has 1 aliphatic heterocycles. The lowest BCUT2D eigenvalue weighted by Gasteiger charge is -2.30. The van der Waals surface area contributed by atoms with Gasteiger partial charge < -0.3 is 20.5 Å². The van der Waals surface area contributed by atoms with Crippen LogP contribution < -0.4 is 15.4 Å². The van der Waals surface area contributed by atoms with Crippen LogP contribution in [0.3, 0.4) is 0 Å². The molecule has 4 rings (SSSR count). The maximum atomic E-state index is 10.4. The molecule has 3 aromatic rings. The van der Waals surface area contributed by atoms with E-state index in [0.717, 1.165) is 28.1 Å². The zero-order valence-electron chi connectivity index (χ0n) is 15.8. The van der Waals surface area contributed by atoms with E-state index in [4.69, 9.17) is 27.9 Å². The van der Waals surface area contributed by atoms with Gasteiger partial charge in [0.05, 0.1) is 12.7 Å². The lowest BCUT2D eigenvalue weighted by Crippen LogP contribution is -2.89. The van der Waals surface area contributed by atoms with Crippen LogP contribution in [0.4, 0.5) is 0 Å². The molecule has 4 N–H and O–H groups in total. The summed E-state index contributed by atoms with van der Waals surface area (Å²) >= 11 is 12.3. The highest BCUT2D eigenvalue weighted by atomic mass is 35.5. The Morgan fingerprint density at radius 1 is 0.931 bits per heavy atom. The van der Waals surface area contributed by atoms with Gasteiger partial charge in [-0.3, -0.25) is 0 Å². The van der Waals surface area contributed by atoms with Crippen LogP contribution in [0.5, 0.6) is 11.5 Å². The topological polar surface area (TPSA) is 58.1 Å². The number of benzene rings is 3. The van der Waals surface area contributed by atoms with Crippen molar-refractivity contribution < 1.29 is 15.2 Å². The molecule has 0 saturated heterocycles. The zero-order chi connectivity index (χ0) is 20.4. The molecule has 2 atom stereocenters. The minimum atomic E-state index is -0.118. The lowest BCUT2D eigenvalue weighted by atomic mass is 9.98. The minimum Gasteiger partial charge on any atom is -0.507 e. The van der Waals surface area contributed by atoms with Crippen molar-refractivity contribution in [1.82, 2.24) is 5.32 Å². The second-order valence-electron chi connectivity index (χ2n) is 6.90. The smallest absolute Gasteiger partial charge is 0.186 e. The molecule has 1 heterocycles. The van der Waals surface area contributed by atoms with Crippen LogP contribution in [0.2, 0.25) is 10.0 Å². The molecule has 0 saturated carbocycles. The SMILES string of the molecule is COc1ccc(C2=CC(c3cc(Cl)ccc3O)[NH2+]C(c3ccc(Cl)cc3)N2)cc1. The predicted molar refractivity (Wildman–Crippen MR) is 116 cm³/mol. The number of hydrogen-bond acceptors (Lipinski definition) is 3. The van der Waals surface area contributed by atoms with E-state index in [-0.39, 0.29) is 18.0 Å². The fourth-order valence-electron chi connectivity index (χ4n) is 3.51. The fourth-order valence-corrected chi connectivity index (χ4v) is 3.81. The van der Waals surface area contributed by atoms with Crippen LogP contribution in [0, 0.1) is 0 Å². The van der Waals surface area contributed by atoms with E-state index in [1.54, 1.807) is 19.2 Å². The molecular formula is C23H21Cl2N2O2+. The number of phenolic OH excluding ortho intramolecular Hbond substituents is 1. The molecule has 4 nitrogen and oxygen atoms in total. The van der Waals surface area contributed by atoms with E-state index >= 15 is 0 Å². The number of phenols is 1. The third-order valence-corrected chi connectivity index (χ3v) is 5.52. The summed E-state index contributed by atoms with van der Waals surface area (Å²) in [6.45, 7) is 0. The standard InChI is InChI=1S/C23H20Cl2N2O2/c1-29-18-9-4-14(5-10-18)20-13-21(19-12-17(25)8-11-22(19)28)27-23(26-20)15-2-6-16(24)7-3-15/h2-13,21,23,26-28H,1H3/p+1. The van der Waals surface area contributed by atoms with Gasteiger partial charge in [0.2, 0.25) is 0 Å². The molecule has 0 amide bonds. The Hall–Kier alpha value is -2.66. The van der Waals surface area contributed by atoms with Crippen LogP contribution in [-0.2, 0) is 0 Å². The Kier molecular flexibility index (Phi) is 5.67. The molecule has 0 spiro atoms. The molecular weight excluding hydrogens is 407 g/mol. The quantitative estimate of drug-likeness (QED) is 0.567. The Balaban J connectivity index is 1.75. The number of hydrogen-bond donors (Lipinski definition) is 3. The first kappa shape index (κ1) is 19.6. The molecule has 3 aromatic carbocycles. The first-order valence-corrected chi connectivity index (χ1v) is 10.0. The molecule has 6 heteroatoms. The molecule has 0 aliphatic carbocycles. The van der Waals surface area contributed by atoms with Gasteiger partial charge >= 0.3 is 0 Å². The van der Waals surface area contributed by atoms with Gasteiger partial charge in [-0.05, 0) is 72.3 Å². The van der Waals surface area contributed by atoms with E-state index in [1.165, 1.54) is 0 Å². The third-order valence-electron chi connectivity index (χ3n) is 5.04. The Morgan fingerprint density at radius 2 is 1.62 bits per heavy atom. The average Bonchev–Trinajstić information content (AvgIpc) is 2.75. The monoisotopic (exact) mass is 427 g/mol. The summed E-state index contributed by atoms with van der Waals surface area (Å²) in [6, 6.07) is 20.7. The van der Waals surface area contributed by atoms with E-state index in [9.17, 15) is 5.11 Å². The molecule has 0 bridgehead atoms. The average molecular weight is 428 g/mol.